The Bertz CT molecular complexity index is 623. The van der Waals surface area contributed by atoms with E-state index in [-0.39, 0.29) is 0 Å². The smallest absolute Gasteiger partial charge is 0.271 e. The van der Waals surface area contributed by atoms with E-state index in [4.69, 9.17) is 0 Å². The van der Waals surface area contributed by atoms with Crippen molar-refractivity contribution in [3.8, 4) is 0 Å². The van der Waals surface area contributed by atoms with Crippen LogP contribution in [0, 0.1) is 0 Å². The van der Waals surface area contributed by atoms with Crippen molar-refractivity contribution in [1.29, 1.82) is 0 Å². The summed E-state index contributed by atoms with van der Waals surface area (Å²) in [5.74, 6) is -1.36. The maximum atomic E-state index is 12.0. The highest BCUT2D eigenvalue weighted by Gasteiger charge is 2.33. The van der Waals surface area contributed by atoms with Crippen LogP contribution in [-0.4, -0.2) is 11.8 Å². The van der Waals surface area contributed by atoms with Gasteiger partial charge in [-0.2, -0.15) is 0 Å². The first-order chi connectivity index (χ1) is 8.77. The third kappa shape index (κ3) is 1.55. The number of hydrogen-bond acceptors (Lipinski definition) is 2. The van der Waals surface area contributed by atoms with Crippen molar-refractivity contribution in [3.05, 3.63) is 54.6 Å². The minimum Gasteiger partial charge on any atom is -0.271 e. The second-order valence-corrected chi connectivity index (χ2v) is 3.88. The van der Waals surface area contributed by atoms with E-state index >= 15 is 0 Å². The van der Waals surface area contributed by atoms with E-state index < -0.39 is 11.8 Å². The van der Waals surface area contributed by atoms with Crippen molar-refractivity contribution in [2.24, 2.45) is 0 Å². The lowest BCUT2D eigenvalue weighted by molar-refractivity contribution is -0.137. The van der Waals surface area contributed by atoms with Crippen molar-refractivity contribution in [2.75, 3.05) is 4.90 Å². The molecule has 1 aliphatic rings. The molecule has 0 fully saturated rings. The second kappa shape index (κ2) is 4.00. The van der Waals surface area contributed by atoms with Gasteiger partial charge in [0.15, 0.2) is 0 Å². The maximum absolute atomic E-state index is 12.0. The quantitative estimate of drug-likeness (QED) is 0.713. The largest absolute Gasteiger partial charge is 0.336 e. The highest BCUT2D eigenvalue weighted by molar-refractivity contribution is 6.44. The standard InChI is InChI=1S/C14H9N2O2/c17-13-14(18)16(10-6-2-1-3-7-10)12-9-5-4-8-11(12)15-13/h1-9H. The summed E-state index contributed by atoms with van der Waals surface area (Å²) in [7, 11) is 0. The van der Waals surface area contributed by atoms with E-state index in [0.29, 0.717) is 17.1 Å². The number of hydrogen-bond donors (Lipinski definition) is 0. The molecule has 4 nitrogen and oxygen atoms in total. The normalized spacial score (nSPS) is 14.1. The Balaban J connectivity index is 2.18. The molecule has 1 heterocycles. The number of carbonyl (C=O) groups excluding carboxylic acids is 2. The van der Waals surface area contributed by atoms with Crippen molar-refractivity contribution in [3.63, 3.8) is 0 Å². The highest BCUT2D eigenvalue weighted by Crippen LogP contribution is 2.35. The van der Waals surface area contributed by atoms with Crippen LogP contribution >= 0.6 is 0 Å². The SMILES string of the molecule is O=C1[N]c2ccccc2N(c2ccccc2)C1=O. The molecule has 2 aromatic rings. The molecule has 0 N–H and O–H groups in total. The molecule has 2 aromatic carbocycles. The number of para-hydroxylation sites is 3. The molecule has 0 bridgehead atoms. The molecule has 0 saturated heterocycles. The Morgan fingerprint density at radius 2 is 1.50 bits per heavy atom. The number of carbonyl (C=O) groups is 2. The molecule has 3 rings (SSSR count). The minimum absolute atomic E-state index is 0.519. The molecule has 0 unspecified atom stereocenters. The Hall–Kier alpha value is -2.62. The maximum Gasteiger partial charge on any atom is 0.336 e. The lowest BCUT2D eigenvalue weighted by Crippen LogP contribution is -2.40. The highest BCUT2D eigenvalue weighted by atomic mass is 16.2. The summed E-state index contributed by atoms with van der Waals surface area (Å²) >= 11 is 0. The average molecular weight is 237 g/mol. The lowest BCUT2D eigenvalue weighted by Gasteiger charge is -2.27. The molecule has 87 valence electrons. The molecule has 0 aliphatic carbocycles. The van der Waals surface area contributed by atoms with Crippen molar-refractivity contribution >= 4 is 28.9 Å². The van der Waals surface area contributed by atoms with E-state index in [1.54, 1.807) is 30.3 Å². The monoisotopic (exact) mass is 237 g/mol. The molecule has 4 heteroatoms. The molecule has 18 heavy (non-hydrogen) atoms. The Kier molecular flexibility index (Phi) is 2.34. The van der Waals surface area contributed by atoms with Gasteiger partial charge in [-0.3, -0.25) is 14.5 Å². The van der Waals surface area contributed by atoms with E-state index in [2.05, 4.69) is 5.32 Å². The number of amides is 2. The van der Waals surface area contributed by atoms with Gasteiger partial charge in [0.05, 0.1) is 11.4 Å². The molecule has 0 spiro atoms. The van der Waals surface area contributed by atoms with E-state index in [0.717, 1.165) is 0 Å². The number of rotatable bonds is 1. The van der Waals surface area contributed by atoms with Gasteiger partial charge in [-0.25, -0.2) is 5.32 Å². The first-order valence-corrected chi connectivity index (χ1v) is 5.51. The van der Waals surface area contributed by atoms with Gasteiger partial charge in [-0.1, -0.05) is 30.3 Å². The Morgan fingerprint density at radius 3 is 2.28 bits per heavy atom. The molecular formula is C14H9N2O2. The van der Waals surface area contributed by atoms with Gasteiger partial charge in [-0.15, -0.1) is 0 Å². The van der Waals surface area contributed by atoms with Gasteiger partial charge in [-0.05, 0) is 24.3 Å². The molecule has 1 aliphatic heterocycles. The molecule has 2 amide bonds. The molecule has 0 aromatic heterocycles. The number of nitrogens with zero attached hydrogens (tertiary/aromatic N) is 2. The summed E-state index contributed by atoms with van der Waals surface area (Å²) in [6.07, 6.45) is 0. The fourth-order valence-electron chi connectivity index (χ4n) is 1.94. The van der Waals surface area contributed by atoms with Gasteiger partial charge < -0.3 is 0 Å². The zero-order valence-electron chi connectivity index (χ0n) is 9.41. The molecular weight excluding hydrogens is 228 g/mol. The van der Waals surface area contributed by atoms with Gasteiger partial charge in [0.25, 0.3) is 0 Å². The predicted octanol–water partition coefficient (Wildman–Crippen LogP) is 2.13. The number of benzene rings is 2. The van der Waals surface area contributed by atoms with Gasteiger partial charge in [0, 0.05) is 5.69 Å². The predicted molar refractivity (Wildman–Crippen MR) is 66.8 cm³/mol. The van der Waals surface area contributed by atoms with Crippen LogP contribution in [-0.2, 0) is 9.59 Å². The topological polar surface area (TPSA) is 51.5 Å². The minimum atomic E-state index is -0.738. The van der Waals surface area contributed by atoms with Gasteiger partial charge in [0.2, 0.25) is 0 Å². The zero-order valence-corrected chi connectivity index (χ0v) is 9.41. The van der Waals surface area contributed by atoms with Crippen LogP contribution < -0.4 is 10.2 Å². The van der Waals surface area contributed by atoms with Crippen LogP contribution in [0.2, 0.25) is 0 Å². The average Bonchev–Trinajstić information content (AvgIpc) is 2.41. The van der Waals surface area contributed by atoms with Crippen LogP contribution in [0.25, 0.3) is 0 Å². The zero-order chi connectivity index (χ0) is 12.5. The summed E-state index contributed by atoms with van der Waals surface area (Å²) in [4.78, 5) is 24.9. The van der Waals surface area contributed by atoms with Crippen LogP contribution in [0.15, 0.2) is 54.6 Å². The fraction of sp³-hybridized carbons (Fsp3) is 0. The van der Waals surface area contributed by atoms with Gasteiger partial charge >= 0.3 is 11.8 Å². The summed E-state index contributed by atoms with van der Waals surface area (Å²) < 4.78 is 0. The van der Waals surface area contributed by atoms with E-state index in [9.17, 15) is 9.59 Å². The third-order valence-corrected chi connectivity index (χ3v) is 2.75. The van der Waals surface area contributed by atoms with Crippen LogP contribution in [0.3, 0.4) is 0 Å². The van der Waals surface area contributed by atoms with Crippen LogP contribution in [0.1, 0.15) is 0 Å². The van der Waals surface area contributed by atoms with E-state index in [1.165, 1.54) is 4.90 Å². The summed E-state index contributed by atoms with van der Waals surface area (Å²) in [5.41, 5.74) is 1.82. The van der Waals surface area contributed by atoms with Crippen molar-refractivity contribution < 1.29 is 9.59 Å². The Morgan fingerprint density at radius 1 is 0.833 bits per heavy atom. The molecule has 1 radical (unpaired) electrons. The summed E-state index contributed by atoms with van der Waals surface area (Å²) in [6.45, 7) is 0. The fourth-order valence-corrected chi connectivity index (χ4v) is 1.94. The number of fused-ring (bicyclic) bond motifs is 1. The lowest BCUT2D eigenvalue weighted by atomic mass is 10.1. The molecule has 0 atom stereocenters. The second-order valence-electron chi connectivity index (χ2n) is 3.88. The third-order valence-electron chi connectivity index (χ3n) is 2.75. The summed E-state index contributed by atoms with van der Waals surface area (Å²) in [6, 6.07) is 16.2. The van der Waals surface area contributed by atoms with Gasteiger partial charge in [0.1, 0.15) is 0 Å². The molecule has 0 saturated carbocycles. The number of anilines is 2. The summed E-state index contributed by atoms with van der Waals surface area (Å²) in [5, 5.41) is 3.77. The van der Waals surface area contributed by atoms with Crippen LogP contribution in [0.5, 0.6) is 0 Å². The Labute approximate surface area is 104 Å². The first-order valence-electron chi connectivity index (χ1n) is 5.51. The van der Waals surface area contributed by atoms with Crippen molar-refractivity contribution in [2.45, 2.75) is 0 Å². The van der Waals surface area contributed by atoms with Crippen molar-refractivity contribution in [1.82, 2.24) is 5.32 Å². The van der Waals surface area contributed by atoms with Crippen LogP contribution in [0.4, 0.5) is 17.1 Å². The first kappa shape index (κ1) is 10.5. The van der Waals surface area contributed by atoms with E-state index in [1.807, 2.05) is 24.3 Å².